The van der Waals surface area contributed by atoms with Crippen molar-refractivity contribution in [2.24, 2.45) is 0 Å². The Bertz CT molecular complexity index is 369. The number of sulfone groups is 1. The molecule has 2 heterocycles. The zero-order valence-corrected chi connectivity index (χ0v) is 12.4. The van der Waals surface area contributed by atoms with Gasteiger partial charge in [0.25, 0.3) is 0 Å². The van der Waals surface area contributed by atoms with Crippen molar-refractivity contribution >= 4 is 9.84 Å². The van der Waals surface area contributed by atoms with Gasteiger partial charge in [0, 0.05) is 31.7 Å². The van der Waals surface area contributed by atoms with E-state index >= 15 is 0 Å². The van der Waals surface area contributed by atoms with Crippen LogP contribution >= 0.6 is 0 Å². The average molecular weight is 274 g/mol. The average Bonchev–Trinajstić information content (AvgIpc) is 2.63. The molecule has 0 bridgehead atoms. The lowest BCUT2D eigenvalue weighted by atomic mass is 10.1. The highest BCUT2D eigenvalue weighted by Gasteiger charge is 2.35. The van der Waals surface area contributed by atoms with Crippen molar-refractivity contribution in [3.05, 3.63) is 0 Å². The van der Waals surface area contributed by atoms with Crippen molar-refractivity contribution in [1.29, 1.82) is 0 Å². The highest BCUT2D eigenvalue weighted by Crippen LogP contribution is 2.22. The molecule has 0 radical (unpaired) electrons. The molecule has 4 nitrogen and oxygen atoms in total. The van der Waals surface area contributed by atoms with Crippen LogP contribution in [-0.2, 0) is 9.84 Å². The predicted octanol–water partition coefficient (Wildman–Crippen LogP) is 1.03. The fourth-order valence-electron chi connectivity index (χ4n) is 3.12. The van der Waals surface area contributed by atoms with E-state index in [1.807, 2.05) is 0 Å². The molecule has 2 fully saturated rings. The first-order chi connectivity index (χ1) is 8.53. The van der Waals surface area contributed by atoms with E-state index in [4.69, 9.17) is 0 Å². The van der Waals surface area contributed by atoms with Gasteiger partial charge in [-0.3, -0.25) is 4.90 Å². The van der Waals surface area contributed by atoms with Crippen LogP contribution in [0.15, 0.2) is 0 Å². The van der Waals surface area contributed by atoms with Gasteiger partial charge in [-0.25, -0.2) is 8.42 Å². The maximum absolute atomic E-state index is 11.9. The number of nitrogens with one attached hydrogen (secondary N) is 1. The maximum atomic E-state index is 11.9. The molecular weight excluding hydrogens is 248 g/mol. The van der Waals surface area contributed by atoms with Crippen LogP contribution in [0, 0.1) is 0 Å². The molecule has 0 aliphatic carbocycles. The third-order valence-electron chi connectivity index (χ3n) is 4.32. The molecule has 18 heavy (non-hydrogen) atoms. The SMILES string of the molecule is CCCC1CN(CC2CCCS2(=O)=O)C(C)CN1. The molecule has 2 saturated heterocycles. The topological polar surface area (TPSA) is 49.4 Å². The quantitative estimate of drug-likeness (QED) is 0.832. The van der Waals surface area contributed by atoms with Gasteiger partial charge in [0.2, 0.25) is 0 Å². The molecule has 2 aliphatic rings. The van der Waals surface area contributed by atoms with Crippen LogP contribution in [0.3, 0.4) is 0 Å². The predicted molar refractivity (Wildman–Crippen MR) is 74.5 cm³/mol. The smallest absolute Gasteiger partial charge is 0.154 e. The number of nitrogens with zero attached hydrogens (tertiary/aromatic N) is 1. The van der Waals surface area contributed by atoms with Gasteiger partial charge >= 0.3 is 0 Å². The summed E-state index contributed by atoms with van der Waals surface area (Å²) in [7, 11) is -2.80. The van der Waals surface area contributed by atoms with Gasteiger partial charge in [0.1, 0.15) is 0 Å². The van der Waals surface area contributed by atoms with E-state index in [2.05, 4.69) is 24.1 Å². The first-order valence-corrected chi connectivity index (χ1v) is 8.93. The highest BCUT2D eigenvalue weighted by atomic mass is 32.2. The Kier molecular flexibility index (Phi) is 4.67. The van der Waals surface area contributed by atoms with E-state index in [0.717, 1.165) is 32.5 Å². The zero-order chi connectivity index (χ0) is 13.2. The molecule has 1 N–H and O–H groups in total. The van der Waals surface area contributed by atoms with E-state index < -0.39 is 9.84 Å². The zero-order valence-electron chi connectivity index (χ0n) is 11.6. The third-order valence-corrected chi connectivity index (χ3v) is 6.58. The molecule has 2 rings (SSSR count). The molecule has 0 aromatic rings. The van der Waals surface area contributed by atoms with Gasteiger partial charge in [-0.1, -0.05) is 13.3 Å². The molecule has 0 spiro atoms. The second-order valence-corrected chi connectivity index (χ2v) is 8.23. The maximum Gasteiger partial charge on any atom is 0.154 e. The minimum absolute atomic E-state index is 0.111. The van der Waals surface area contributed by atoms with Crippen molar-refractivity contribution < 1.29 is 8.42 Å². The summed E-state index contributed by atoms with van der Waals surface area (Å²) in [4.78, 5) is 2.38. The second kappa shape index (κ2) is 5.88. The Balaban J connectivity index is 1.94. The van der Waals surface area contributed by atoms with Crippen LogP contribution in [0.2, 0.25) is 0 Å². The largest absolute Gasteiger partial charge is 0.311 e. The summed E-state index contributed by atoms with van der Waals surface area (Å²) < 4.78 is 23.8. The first kappa shape index (κ1) is 14.3. The molecule has 0 saturated carbocycles. The summed E-state index contributed by atoms with van der Waals surface area (Å²) in [5.41, 5.74) is 0. The van der Waals surface area contributed by atoms with Crippen molar-refractivity contribution in [3.63, 3.8) is 0 Å². The van der Waals surface area contributed by atoms with Crippen LogP contribution in [0.5, 0.6) is 0 Å². The van der Waals surface area contributed by atoms with Gasteiger partial charge in [0.15, 0.2) is 9.84 Å². The first-order valence-electron chi connectivity index (χ1n) is 7.22. The lowest BCUT2D eigenvalue weighted by Gasteiger charge is -2.39. The van der Waals surface area contributed by atoms with Crippen molar-refractivity contribution in [1.82, 2.24) is 10.2 Å². The molecule has 3 unspecified atom stereocenters. The summed E-state index contributed by atoms with van der Waals surface area (Å²) in [6, 6.07) is 0.990. The number of piperazine rings is 1. The van der Waals surface area contributed by atoms with E-state index in [9.17, 15) is 8.42 Å². The fourth-order valence-corrected chi connectivity index (χ4v) is 4.96. The molecule has 106 valence electrons. The van der Waals surface area contributed by atoms with Crippen molar-refractivity contribution in [2.45, 2.75) is 56.9 Å². The Morgan fingerprint density at radius 2 is 2.17 bits per heavy atom. The normalized spacial score (nSPS) is 36.9. The summed E-state index contributed by atoms with van der Waals surface area (Å²) >= 11 is 0. The van der Waals surface area contributed by atoms with Crippen molar-refractivity contribution in [3.8, 4) is 0 Å². The number of rotatable bonds is 4. The van der Waals surface area contributed by atoms with E-state index in [0.29, 0.717) is 17.8 Å². The molecule has 0 aromatic carbocycles. The molecular formula is C13H26N2O2S. The monoisotopic (exact) mass is 274 g/mol. The molecule has 0 amide bonds. The molecule has 2 aliphatic heterocycles. The van der Waals surface area contributed by atoms with Crippen molar-refractivity contribution in [2.75, 3.05) is 25.4 Å². The lowest BCUT2D eigenvalue weighted by Crippen LogP contribution is -2.57. The standard InChI is InChI=1S/C13H26N2O2S/c1-3-5-12-9-15(11(2)8-14-12)10-13-6-4-7-18(13,16)17/h11-14H,3-10H2,1-2H3. The fraction of sp³-hybridized carbons (Fsp3) is 1.00. The van der Waals surface area contributed by atoms with Crippen LogP contribution < -0.4 is 5.32 Å². The van der Waals surface area contributed by atoms with E-state index in [1.165, 1.54) is 12.8 Å². The van der Waals surface area contributed by atoms with E-state index in [1.54, 1.807) is 0 Å². The summed E-state index contributed by atoms with van der Waals surface area (Å²) in [6.07, 6.45) is 4.07. The minimum atomic E-state index is -2.80. The molecule has 5 heteroatoms. The van der Waals surface area contributed by atoms with Gasteiger partial charge in [-0.05, 0) is 26.2 Å². The Morgan fingerprint density at radius 1 is 1.39 bits per heavy atom. The molecule has 0 aromatic heterocycles. The Morgan fingerprint density at radius 3 is 2.78 bits per heavy atom. The highest BCUT2D eigenvalue weighted by molar-refractivity contribution is 7.92. The lowest BCUT2D eigenvalue weighted by molar-refractivity contribution is 0.136. The van der Waals surface area contributed by atoms with Gasteiger partial charge in [0.05, 0.1) is 11.0 Å². The summed E-state index contributed by atoms with van der Waals surface area (Å²) in [5, 5.41) is 3.44. The number of hydrogen-bond donors (Lipinski definition) is 1. The second-order valence-electron chi connectivity index (χ2n) is 5.83. The molecule has 3 atom stereocenters. The van der Waals surface area contributed by atoms with E-state index in [-0.39, 0.29) is 5.25 Å². The van der Waals surface area contributed by atoms with Gasteiger partial charge < -0.3 is 5.32 Å². The van der Waals surface area contributed by atoms with Crippen LogP contribution in [0.25, 0.3) is 0 Å². The van der Waals surface area contributed by atoms with Crippen LogP contribution in [0.1, 0.15) is 39.5 Å². The summed E-state index contributed by atoms with van der Waals surface area (Å²) in [5.74, 6) is 0.399. The Hall–Kier alpha value is -0.130. The minimum Gasteiger partial charge on any atom is -0.311 e. The van der Waals surface area contributed by atoms with Crippen LogP contribution in [-0.4, -0.2) is 56.0 Å². The summed E-state index contributed by atoms with van der Waals surface area (Å²) in [6.45, 7) is 7.12. The third kappa shape index (κ3) is 3.25. The van der Waals surface area contributed by atoms with Crippen LogP contribution in [0.4, 0.5) is 0 Å². The van der Waals surface area contributed by atoms with Gasteiger partial charge in [-0.2, -0.15) is 0 Å². The van der Waals surface area contributed by atoms with Gasteiger partial charge in [-0.15, -0.1) is 0 Å². The number of hydrogen-bond acceptors (Lipinski definition) is 4. The Labute approximate surface area is 111 Å².